The summed E-state index contributed by atoms with van der Waals surface area (Å²) in [5, 5.41) is 3.18. The smallest absolute Gasteiger partial charge is 0.0475 e. The Hall–Kier alpha value is -0.120. The van der Waals surface area contributed by atoms with Gasteiger partial charge in [-0.25, -0.2) is 0 Å². The second-order valence-electron chi connectivity index (χ2n) is 4.30. The van der Waals surface area contributed by atoms with Crippen LogP contribution in [0.4, 0.5) is 0 Å². The lowest BCUT2D eigenvalue weighted by molar-refractivity contribution is 0.173. The monoisotopic (exact) mass is 185 g/mol. The van der Waals surface area contributed by atoms with Crippen LogP contribution >= 0.6 is 0 Å². The van der Waals surface area contributed by atoms with Gasteiger partial charge in [-0.05, 0) is 53.0 Å². The number of hydrogen-bond donors (Lipinski definition) is 1. The zero-order chi connectivity index (χ0) is 9.68. The molecular formula is C10H23N3. The highest BCUT2D eigenvalue weighted by molar-refractivity contribution is 4.71. The average Bonchev–Trinajstić information content (AvgIpc) is 2.09. The summed E-state index contributed by atoms with van der Waals surface area (Å²) in [7, 11) is 6.41. The van der Waals surface area contributed by atoms with Crippen LogP contribution in [0.1, 0.15) is 12.8 Å². The van der Waals surface area contributed by atoms with Gasteiger partial charge in [-0.3, -0.25) is 4.90 Å². The summed E-state index contributed by atoms with van der Waals surface area (Å²) in [6.45, 7) is 4.80. The molecule has 0 aliphatic carbocycles. The molecule has 1 rings (SSSR count). The molecular weight excluding hydrogens is 162 g/mol. The molecule has 0 saturated carbocycles. The summed E-state index contributed by atoms with van der Waals surface area (Å²) in [5.41, 5.74) is 0. The molecule has 0 bridgehead atoms. The van der Waals surface area contributed by atoms with Crippen molar-refractivity contribution in [2.24, 2.45) is 5.92 Å². The number of likely N-dealkylation sites (tertiary alicyclic amines) is 1. The van der Waals surface area contributed by atoms with E-state index in [1.165, 1.54) is 32.5 Å². The highest BCUT2D eigenvalue weighted by Gasteiger charge is 2.17. The maximum atomic E-state index is 3.18. The fraction of sp³-hybridized carbons (Fsp3) is 1.00. The van der Waals surface area contributed by atoms with E-state index < -0.39 is 0 Å². The largest absolute Gasteiger partial charge is 0.307 e. The van der Waals surface area contributed by atoms with Gasteiger partial charge in [0.25, 0.3) is 0 Å². The Morgan fingerprint density at radius 1 is 1.38 bits per heavy atom. The zero-order valence-electron chi connectivity index (χ0n) is 9.21. The third-order valence-electron chi connectivity index (χ3n) is 2.84. The van der Waals surface area contributed by atoms with Gasteiger partial charge in [-0.2, -0.15) is 0 Å². The fourth-order valence-corrected chi connectivity index (χ4v) is 2.02. The number of rotatable bonds is 4. The van der Waals surface area contributed by atoms with E-state index in [1.54, 1.807) is 0 Å². The molecule has 3 heteroatoms. The second-order valence-corrected chi connectivity index (χ2v) is 4.30. The Morgan fingerprint density at radius 2 is 2.00 bits per heavy atom. The van der Waals surface area contributed by atoms with Gasteiger partial charge in [-0.1, -0.05) is 0 Å². The van der Waals surface area contributed by atoms with Gasteiger partial charge in [0, 0.05) is 13.2 Å². The normalized spacial score (nSPS) is 21.2. The van der Waals surface area contributed by atoms with Crippen LogP contribution in [0.25, 0.3) is 0 Å². The minimum atomic E-state index is 0.912. The molecule has 1 N–H and O–H groups in total. The van der Waals surface area contributed by atoms with Gasteiger partial charge >= 0.3 is 0 Å². The van der Waals surface area contributed by atoms with Crippen LogP contribution in [0.15, 0.2) is 0 Å². The van der Waals surface area contributed by atoms with E-state index in [0.717, 1.165) is 12.6 Å². The van der Waals surface area contributed by atoms with Crippen molar-refractivity contribution < 1.29 is 0 Å². The van der Waals surface area contributed by atoms with Crippen LogP contribution in [-0.2, 0) is 0 Å². The van der Waals surface area contributed by atoms with Gasteiger partial charge in [0.2, 0.25) is 0 Å². The molecule has 0 unspecified atom stereocenters. The Bertz CT molecular complexity index is 130. The lowest BCUT2D eigenvalue weighted by Gasteiger charge is -2.31. The Balaban J connectivity index is 2.14. The van der Waals surface area contributed by atoms with Crippen LogP contribution in [0.2, 0.25) is 0 Å². The molecule has 1 fully saturated rings. The minimum Gasteiger partial charge on any atom is -0.307 e. The van der Waals surface area contributed by atoms with Crippen molar-refractivity contribution in [1.29, 1.82) is 0 Å². The summed E-state index contributed by atoms with van der Waals surface area (Å²) in [5.74, 6) is 0.912. The van der Waals surface area contributed by atoms with Crippen molar-refractivity contribution in [3.8, 4) is 0 Å². The minimum absolute atomic E-state index is 0.912. The first-order valence-electron chi connectivity index (χ1n) is 5.24. The highest BCUT2D eigenvalue weighted by atomic mass is 15.2. The van der Waals surface area contributed by atoms with E-state index in [9.17, 15) is 0 Å². The van der Waals surface area contributed by atoms with Gasteiger partial charge in [0.15, 0.2) is 0 Å². The van der Waals surface area contributed by atoms with E-state index in [2.05, 4.69) is 29.2 Å². The summed E-state index contributed by atoms with van der Waals surface area (Å²) < 4.78 is 0. The van der Waals surface area contributed by atoms with Gasteiger partial charge in [0.05, 0.1) is 0 Å². The van der Waals surface area contributed by atoms with Crippen molar-refractivity contribution in [2.45, 2.75) is 12.8 Å². The maximum absolute atomic E-state index is 3.18. The summed E-state index contributed by atoms with van der Waals surface area (Å²) in [6, 6.07) is 0. The van der Waals surface area contributed by atoms with E-state index in [-0.39, 0.29) is 0 Å². The SMILES string of the molecule is CNCN(C)CC1CCN(C)CC1. The number of hydrogen-bond acceptors (Lipinski definition) is 3. The fourth-order valence-electron chi connectivity index (χ4n) is 2.02. The average molecular weight is 185 g/mol. The first-order valence-corrected chi connectivity index (χ1v) is 5.24. The van der Waals surface area contributed by atoms with Gasteiger partial charge < -0.3 is 10.2 Å². The molecule has 0 radical (unpaired) electrons. The Morgan fingerprint density at radius 3 is 2.54 bits per heavy atom. The Kier molecular flexibility index (Phi) is 4.70. The molecule has 0 aromatic heterocycles. The van der Waals surface area contributed by atoms with E-state index >= 15 is 0 Å². The highest BCUT2D eigenvalue weighted by Crippen LogP contribution is 2.16. The molecule has 0 amide bonds. The molecule has 0 aromatic rings. The van der Waals surface area contributed by atoms with Crippen molar-refractivity contribution >= 4 is 0 Å². The van der Waals surface area contributed by atoms with Crippen molar-refractivity contribution in [3.63, 3.8) is 0 Å². The van der Waals surface area contributed by atoms with E-state index in [4.69, 9.17) is 0 Å². The van der Waals surface area contributed by atoms with Crippen LogP contribution < -0.4 is 5.32 Å². The standard InChI is InChI=1S/C10H23N3/c1-11-9-13(3)8-10-4-6-12(2)7-5-10/h10-11H,4-9H2,1-3H3. The molecule has 1 heterocycles. The molecule has 1 aliphatic heterocycles. The summed E-state index contributed by atoms with van der Waals surface area (Å²) in [4.78, 5) is 4.80. The lowest BCUT2D eigenvalue weighted by Crippen LogP contribution is -2.38. The van der Waals surface area contributed by atoms with Crippen LogP contribution in [0, 0.1) is 5.92 Å². The quantitative estimate of drug-likeness (QED) is 0.641. The summed E-state index contributed by atoms with van der Waals surface area (Å²) >= 11 is 0. The first-order chi connectivity index (χ1) is 6.22. The predicted octanol–water partition coefficient (Wildman–Crippen LogP) is 0.437. The third-order valence-corrected chi connectivity index (χ3v) is 2.84. The summed E-state index contributed by atoms with van der Waals surface area (Å²) in [6.07, 6.45) is 2.73. The molecule has 0 spiro atoms. The van der Waals surface area contributed by atoms with Crippen LogP contribution in [0.5, 0.6) is 0 Å². The molecule has 1 saturated heterocycles. The van der Waals surface area contributed by atoms with Crippen molar-refractivity contribution in [2.75, 3.05) is 47.4 Å². The molecule has 0 aromatic carbocycles. The molecule has 78 valence electrons. The molecule has 13 heavy (non-hydrogen) atoms. The lowest BCUT2D eigenvalue weighted by atomic mass is 9.97. The van der Waals surface area contributed by atoms with Crippen LogP contribution in [-0.4, -0.2) is 57.2 Å². The van der Waals surface area contributed by atoms with Crippen molar-refractivity contribution in [3.05, 3.63) is 0 Å². The van der Waals surface area contributed by atoms with E-state index in [0.29, 0.717) is 0 Å². The van der Waals surface area contributed by atoms with Crippen molar-refractivity contribution in [1.82, 2.24) is 15.1 Å². The predicted molar refractivity (Wildman–Crippen MR) is 56.8 cm³/mol. The Labute approximate surface area is 82.1 Å². The zero-order valence-corrected chi connectivity index (χ0v) is 9.21. The number of piperidine rings is 1. The number of nitrogens with zero attached hydrogens (tertiary/aromatic N) is 2. The number of nitrogens with one attached hydrogen (secondary N) is 1. The second kappa shape index (κ2) is 5.58. The van der Waals surface area contributed by atoms with Gasteiger partial charge in [-0.15, -0.1) is 0 Å². The van der Waals surface area contributed by atoms with E-state index in [1.807, 2.05) is 7.05 Å². The first kappa shape index (κ1) is 11.0. The maximum Gasteiger partial charge on any atom is 0.0475 e. The van der Waals surface area contributed by atoms with Crippen LogP contribution in [0.3, 0.4) is 0 Å². The third kappa shape index (κ3) is 4.07. The molecule has 3 nitrogen and oxygen atoms in total. The molecule has 0 atom stereocenters. The topological polar surface area (TPSA) is 18.5 Å². The molecule has 1 aliphatic rings. The van der Waals surface area contributed by atoms with Gasteiger partial charge in [0.1, 0.15) is 0 Å².